The molecule has 4 aromatic rings. The van der Waals surface area contributed by atoms with E-state index >= 15 is 0 Å². The maximum absolute atomic E-state index is 6.11. The maximum Gasteiger partial charge on any atom is 0.161 e. The highest BCUT2D eigenvalue weighted by atomic mass is 32.1. The molecule has 4 nitrogen and oxygen atoms in total. The van der Waals surface area contributed by atoms with Gasteiger partial charge in [0, 0.05) is 50.8 Å². The minimum atomic E-state index is -0.185. The average molecular weight is 527 g/mol. The Kier molecular flexibility index (Phi) is 6.25. The topological polar surface area (TPSA) is 24.9 Å². The maximum atomic E-state index is 6.11. The van der Waals surface area contributed by atoms with E-state index in [0.717, 1.165) is 45.8 Å². The lowest BCUT2D eigenvalue weighted by molar-refractivity contribution is 0.288. The van der Waals surface area contributed by atoms with E-state index < -0.39 is 0 Å². The number of ether oxygens (including phenoxy) is 2. The third-order valence-corrected chi connectivity index (χ3v) is 8.06. The second kappa shape index (κ2) is 9.58. The fraction of sp³-hybridized carbons (Fsp3) is 0.226. The van der Waals surface area contributed by atoms with Crippen LogP contribution in [0.25, 0.3) is 0 Å². The molecule has 0 saturated heterocycles. The van der Waals surface area contributed by atoms with Gasteiger partial charge in [-0.15, -0.1) is 25.3 Å². The second-order valence-corrected chi connectivity index (χ2v) is 11.3. The molecule has 6 rings (SSSR count). The molecule has 2 aliphatic rings. The summed E-state index contributed by atoms with van der Waals surface area (Å²) < 4.78 is 12.2. The van der Waals surface area contributed by atoms with E-state index in [1.807, 2.05) is 24.3 Å². The zero-order valence-electron chi connectivity index (χ0n) is 21.0. The van der Waals surface area contributed by atoms with Crippen LogP contribution in [-0.2, 0) is 18.5 Å². The van der Waals surface area contributed by atoms with Crippen molar-refractivity contribution in [3.05, 3.63) is 107 Å². The van der Waals surface area contributed by atoms with Crippen molar-refractivity contribution in [1.29, 1.82) is 0 Å². The first-order valence-corrected chi connectivity index (χ1v) is 13.4. The first-order valence-electron chi connectivity index (χ1n) is 12.5. The molecule has 37 heavy (non-hydrogen) atoms. The number of nitrogens with zero attached hydrogens (tertiary/aromatic N) is 2. The van der Waals surface area contributed by atoms with Crippen LogP contribution in [0.15, 0.2) is 94.7 Å². The Morgan fingerprint density at radius 2 is 1.00 bits per heavy atom. The van der Waals surface area contributed by atoms with E-state index in [0.29, 0.717) is 13.5 Å². The van der Waals surface area contributed by atoms with E-state index in [1.165, 1.54) is 22.3 Å². The van der Waals surface area contributed by atoms with Crippen molar-refractivity contribution >= 4 is 36.6 Å². The number of hydrogen-bond donors (Lipinski definition) is 2. The molecule has 188 valence electrons. The van der Waals surface area contributed by atoms with E-state index in [1.54, 1.807) is 0 Å². The van der Waals surface area contributed by atoms with Crippen LogP contribution in [-0.4, -0.2) is 13.5 Å². The van der Waals surface area contributed by atoms with Gasteiger partial charge in [-0.3, -0.25) is 0 Å². The Morgan fingerprint density at radius 1 is 0.595 bits per heavy atom. The van der Waals surface area contributed by atoms with Gasteiger partial charge in [0.1, 0.15) is 11.5 Å². The van der Waals surface area contributed by atoms with E-state index in [9.17, 15) is 0 Å². The first kappa shape index (κ1) is 24.1. The molecule has 6 heteroatoms. The zero-order chi connectivity index (χ0) is 25.6. The van der Waals surface area contributed by atoms with E-state index in [-0.39, 0.29) is 5.41 Å². The largest absolute Gasteiger partial charge is 0.473 e. The molecular formula is C31H30N2O2S2. The highest BCUT2D eigenvalue weighted by molar-refractivity contribution is 7.80. The van der Waals surface area contributed by atoms with Crippen LogP contribution in [0, 0.1) is 0 Å². The zero-order valence-corrected chi connectivity index (χ0v) is 22.8. The highest BCUT2D eigenvalue weighted by Crippen LogP contribution is 2.39. The van der Waals surface area contributed by atoms with Crippen molar-refractivity contribution in [2.45, 2.75) is 42.1 Å². The van der Waals surface area contributed by atoms with Gasteiger partial charge in [0.15, 0.2) is 13.5 Å². The summed E-state index contributed by atoms with van der Waals surface area (Å²) in [5.41, 5.74) is 7.02. The molecule has 0 bridgehead atoms. The quantitative estimate of drug-likeness (QED) is 0.273. The van der Waals surface area contributed by atoms with Crippen molar-refractivity contribution < 1.29 is 9.47 Å². The number of rotatable bonds is 4. The Labute approximate surface area is 229 Å². The summed E-state index contributed by atoms with van der Waals surface area (Å²) >= 11 is 8.83. The van der Waals surface area contributed by atoms with Gasteiger partial charge < -0.3 is 19.3 Å². The minimum absolute atomic E-state index is 0.185. The third-order valence-electron chi connectivity index (χ3n) is 7.47. The van der Waals surface area contributed by atoms with Crippen molar-refractivity contribution in [2.75, 3.05) is 23.3 Å². The van der Waals surface area contributed by atoms with Crippen molar-refractivity contribution in [3.63, 3.8) is 0 Å². The number of fused-ring (bicyclic) bond motifs is 2. The van der Waals surface area contributed by atoms with Crippen LogP contribution in [0.4, 0.5) is 11.4 Å². The van der Waals surface area contributed by atoms with Crippen molar-refractivity contribution in [1.82, 2.24) is 0 Å². The van der Waals surface area contributed by atoms with Crippen LogP contribution >= 0.6 is 25.3 Å². The minimum Gasteiger partial charge on any atom is -0.473 e. The second-order valence-electron chi connectivity index (χ2n) is 10.2. The molecule has 4 aromatic carbocycles. The Hall–Kier alpha value is -3.22. The number of hydrogen-bond acceptors (Lipinski definition) is 6. The molecule has 0 N–H and O–H groups in total. The van der Waals surface area contributed by atoms with Gasteiger partial charge in [-0.25, -0.2) is 0 Å². The van der Waals surface area contributed by atoms with E-state index in [2.05, 4.69) is 110 Å². The summed E-state index contributed by atoms with van der Waals surface area (Å²) in [6.07, 6.45) is 0. The summed E-state index contributed by atoms with van der Waals surface area (Å²) in [7, 11) is 0. The van der Waals surface area contributed by atoms with Crippen molar-refractivity contribution in [3.8, 4) is 11.5 Å². The summed E-state index contributed by atoms with van der Waals surface area (Å²) in [5.74, 6) is 1.92. The predicted octanol–water partition coefficient (Wildman–Crippen LogP) is 7.30. The standard InChI is InChI=1S/C31H30N2O2S2/c1-31(2,23-3-13-29-21(15-23)17-32(19-34-29)25-5-9-27(36)10-6-25)24-4-14-30-22(16-24)18-33(20-35-30)26-7-11-28(37)12-8-26/h3-16,36-37H,17-20H2,1-2H3. The predicted molar refractivity (Wildman–Crippen MR) is 156 cm³/mol. The van der Waals surface area contributed by atoms with Gasteiger partial charge in [-0.05, 0) is 83.9 Å². The molecule has 0 spiro atoms. The molecule has 2 heterocycles. The van der Waals surface area contributed by atoms with Gasteiger partial charge in [0.25, 0.3) is 0 Å². The number of thiol groups is 2. The van der Waals surface area contributed by atoms with Crippen LogP contribution in [0.5, 0.6) is 11.5 Å². The van der Waals surface area contributed by atoms with Gasteiger partial charge in [-0.2, -0.15) is 0 Å². The van der Waals surface area contributed by atoms with Gasteiger partial charge in [0.05, 0.1) is 0 Å². The summed E-state index contributed by atoms with van der Waals surface area (Å²) in [6, 6.07) is 29.7. The SMILES string of the molecule is CC(C)(c1ccc2c(c1)CN(c1ccc(S)cc1)CO2)c1ccc2c(c1)CN(c1ccc(S)cc1)CO2. The van der Waals surface area contributed by atoms with Gasteiger partial charge >= 0.3 is 0 Å². The fourth-order valence-corrected chi connectivity index (χ4v) is 5.39. The van der Waals surface area contributed by atoms with E-state index in [4.69, 9.17) is 9.47 Å². The van der Waals surface area contributed by atoms with Gasteiger partial charge in [-0.1, -0.05) is 26.0 Å². The fourth-order valence-electron chi connectivity index (χ4n) is 5.09. The lowest BCUT2D eigenvalue weighted by atomic mass is 9.77. The Bertz CT molecular complexity index is 1330. The summed E-state index contributed by atoms with van der Waals surface area (Å²) in [4.78, 5) is 6.41. The lowest BCUT2D eigenvalue weighted by Crippen LogP contribution is -2.33. The van der Waals surface area contributed by atoms with Crippen LogP contribution in [0.2, 0.25) is 0 Å². The van der Waals surface area contributed by atoms with Gasteiger partial charge in [0.2, 0.25) is 0 Å². The molecule has 0 saturated carbocycles. The Morgan fingerprint density at radius 3 is 1.41 bits per heavy atom. The summed E-state index contributed by atoms with van der Waals surface area (Å²) in [5, 5.41) is 0. The van der Waals surface area contributed by atoms with Crippen LogP contribution in [0.3, 0.4) is 0 Å². The van der Waals surface area contributed by atoms with Crippen LogP contribution < -0.4 is 19.3 Å². The number of benzene rings is 4. The summed E-state index contributed by atoms with van der Waals surface area (Å²) in [6.45, 7) is 7.28. The highest BCUT2D eigenvalue weighted by Gasteiger charge is 2.28. The molecule has 0 atom stereocenters. The molecule has 0 amide bonds. The average Bonchev–Trinajstić information content (AvgIpc) is 2.92. The third kappa shape index (κ3) is 4.76. The Balaban J connectivity index is 1.26. The smallest absolute Gasteiger partial charge is 0.161 e. The van der Waals surface area contributed by atoms with Crippen LogP contribution in [0.1, 0.15) is 36.1 Å². The molecule has 0 aromatic heterocycles. The molecule has 0 radical (unpaired) electrons. The molecule has 2 aliphatic heterocycles. The first-order chi connectivity index (χ1) is 17.9. The number of anilines is 2. The molecular weight excluding hydrogens is 496 g/mol. The molecule has 0 aliphatic carbocycles. The lowest BCUT2D eigenvalue weighted by Gasteiger charge is -2.34. The monoisotopic (exact) mass is 526 g/mol. The molecule has 0 fully saturated rings. The van der Waals surface area contributed by atoms with Crippen molar-refractivity contribution in [2.24, 2.45) is 0 Å². The normalized spacial score (nSPS) is 14.9. The molecule has 0 unspecified atom stereocenters.